The molecule has 0 aliphatic carbocycles. The number of anilines is 1. The van der Waals surface area contributed by atoms with Crippen LogP contribution < -0.4 is 10.6 Å². The van der Waals surface area contributed by atoms with Gasteiger partial charge in [-0.2, -0.15) is 0 Å². The summed E-state index contributed by atoms with van der Waals surface area (Å²) in [7, 11) is 0. The highest BCUT2D eigenvalue weighted by Crippen LogP contribution is 2.13. The Hall–Kier alpha value is -3.81. The van der Waals surface area contributed by atoms with Gasteiger partial charge in [0.2, 0.25) is 0 Å². The summed E-state index contributed by atoms with van der Waals surface area (Å²) in [5, 5.41) is 5.28. The molecule has 0 fully saturated rings. The lowest BCUT2D eigenvalue weighted by atomic mass is 10.2. The van der Waals surface area contributed by atoms with Gasteiger partial charge in [0, 0.05) is 30.2 Å². The van der Waals surface area contributed by atoms with Gasteiger partial charge in [0.15, 0.2) is 6.61 Å². The molecule has 2 amide bonds. The Morgan fingerprint density at radius 2 is 1.75 bits per heavy atom. The Bertz CT molecular complexity index is 1040. The van der Waals surface area contributed by atoms with E-state index in [2.05, 4.69) is 20.6 Å². The van der Waals surface area contributed by atoms with Crippen LogP contribution in [0, 0.1) is 0 Å². The normalized spacial score (nSPS) is 10.3. The predicted molar refractivity (Wildman–Crippen MR) is 103 cm³/mol. The zero-order valence-corrected chi connectivity index (χ0v) is 15.1. The number of carbonyl (C=O) groups is 3. The predicted octanol–water partition coefficient (Wildman–Crippen LogP) is 2.17. The number of nitrogens with zero attached hydrogens (tertiary/aromatic N) is 2. The van der Waals surface area contributed by atoms with E-state index < -0.39 is 18.5 Å². The molecule has 142 valence electrons. The van der Waals surface area contributed by atoms with E-state index in [0.29, 0.717) is 28.8 Å². The van der Waals surface area contributed by atoms with Crippen molar-refractivity contribution in [3.63, 3.8) is 0 Å². The molecule has 28 heavy (non-hydrogen) atoms. The van der Waals surface area contributed by atoms with Crippen molar-refractivity contribution >= 4 is 34.5 Å². The van der Waals surface area contributed by atoms with Crippen molar-refractivity contribution in [3.8, 4) is 0 Å². The Morgan fingerprint density at radius 1 is 0.964 bits per heavy atom. The molecule has 0 aliphatic rings. The van der Waals surface area contributed by atoms with Crippen LogP contribution in [0.25, 0.3) is 11.0 Å². The topological polar surface area (TPSA) is 110 Å². The summed E-state index contributed by atoms with van der Waals surface area (Å²) in [6.07, 6.45) is 3.09. The van der Waals surface area contributed by atoms with E-state index in [1.54, 1.807) is 48.7 Å². The Balaban J connectivity index is 1.58. The van der Waals surface area contributed by atoms with Crippen LogP contribution in [0.15, 0.2) is 54.9 Å². The first-order valence-corrected chi connectivity index (χ1v) is 8.63. The number of rotatable bonds is 6. The first kappa shape index (κ1) is 19.0. The van der Waals surface area contributed by atoms with Gasteiger partial charge in [-0.15, -0.1) is 0 Å². The van der Waals surface area contributed by atoms with Crippen LogP contribution in [-0.2, 0) is 9.53 Å². The van der Waals surface area contributed by atoms with Crippen LogP contribution >= 0.6 is 0 Å². The molecule has 0 bridgehead atoms. The van der Waals surface area contributed by atoms with Crippen molar-refractivity contribution < 1.29 is 19.1 Å². The van der Waals surface area contributed by atoms with E-state index in [1.165, 1.54) is 6.20 Å². The van der Waals surface area contributed by atoms with Crippen LogP contribution in [0.3, 0.4) is 0 Å². The lowest BCUT2D eigenvalue weighted by molar-refractivity contribution is -0.119. The minimum Gasteiger partial charge on any atom is -0.452 e. The number of amides is 2. The average Bonchev–Trinajstić information content (AvgIpc) is 2.72. The van der Waals surface area contributed by atoms with Gasteiger partial charge in [-0.3, -0.25) is 19.6 Å². The molecule has 8 heteroatoms. The molecule has 1 heterocycles. The number of fused-ring (bicyclic) bond motifs is 1. The van der Waals surface area contributed by atoms with Crippen molar-refractivity contribution in [2.75, 3.05) is 18.5 Å². The van der Waals surface area contributed by atoms with Crippen LogP contribution in [0.1, 0.15) is 27.6 Å². The second-order valence-electron chi connectivity index (χ2n) is 5.82. The fourth-order valence-electron chi connectivity index (χ4n) is 2.50. The lowest BCUT2D eigenvalue weighted by Crippen LogP contribution is -2.23. The minimum absolute atomic E-state index is 0.232. The molecular formula is C20H18N4O4. The van der Waals surface area contributed by atoms with Crippen LogP contribution in [0.5, 0.6) is 0 Å². The number of esters is 1. The van der Waals surface area contributed by atoms with Gasteiger partial charge >= 0.3 is 5.97 Å². The second kappa shape index (κ2) is 8.72. The van der Waals surface area contributed by atoms with Gasteiger partial charge < -0.3 is 15.4 Å². The summed E-state index contributed by atoms with van der Waals surface area (Å²) in [5.74, 6) is -1.38. The fourth-order valence-corrected chi connectivity index (χ4v) is 2.50. The summed E-state index contributed by atoms with van der Waals surface area (Å²) >= 11 is 0. The molecule has 0 unspecified atom stereocenters. The smallest absolute Gasteiger partial charge is 0.338 e. The largest absolute Gasteiger partial charge is 0.452 e. The van der Waals surface area contributed by atoms with Crippen molar-refractivity contribution in [3.05, 3.63) is 66.0 Å². The van der Waals surface area contributed by atoms with E-state index in [4.69, 9.17) is 4.74 Å². The third-order valence-corrected chi connectivity index (χ3v) is 3.79. The third-order valence-electron chi connectivity index (χ3n) is 3.79. The zero-order valence-electron chi connectivity index (χ0n) is 15.1. The monoisotopic (exact) mass is 378 g/mol. The molecular weight excluding hydrogens is 360 g/mol. The summed E-state index contributed by atoms with van der Waals surface area (Å²) in [6.45, 7) is 1.87. The fraction of sp³-hybridized carbons (Fsp3) is 0.150. The molecule has 0 atom stereocenters. The number of carbonyl (C=O) groups excluding carboxylic acids is 3. The highest BCUT2D eigenvalue weighted by atomic mass is 16.5. The number of hydrogen-bond acceptors (Lipinski definition) is 6. The maximum Gasteiger partial charge on any atom is 0.338 e. The molecule has 2 aromatic carbocycles. The molecule has 3 aromatic rings. The number of aromatic nitrogens is 2. The Morgan fingerprint density at radius 3 is 2.54 bits per heavy atom. The standard InChI is InChI=1S/C20H18N4O4/c1-2-21-19(26)13-4-3-5-15(10-13)24-18(25)12-28-20(27)14-6-7-16-17(11-14)23-9-8-22-16/h3-11H,2,12H2,1H3,(H,21,26)(H,24,25). The van der Waals surface area contributed by atoms with E-state index in [-0.39, 0.29) is 11.5 Å². The average molecular weight is 378 g/mol. The van der Waals surface area contributed by atoms with E-state index in [1.807, 2.05) is 6.92 Å². The molecule has 0 saturated heterocycles. The lowest BCUT2D eigenvalue weighted by Gasteiger charge is -2.08. The molecule has 8 nitrogen and oxygen atoms in total. The van der Waals surface area contributed by atoms with Gasteiger partial charge in [-0.1, -0.05) is 6.07 Å². The molecule has 2 N–H and O–H groups in total. The molecule has 0 radical (unpaired) electrons. The first-order chi connectivity index (χ1) is 13.6. The van der Waals surface area contributed by atoms with E-state index >= 15 is 0 Å². The van der Waals surface area contributed by atoms with Gasteiger partial charge in [0.1, 0.15) is 0 Å². The van der Waals surface area contributed by atoms with Gasteiger partial charge in [0.05, 0.1) is 16.6 Å². The van der Waals surface area contributed by atoms with Crippen LogP contribution in [0.2, 0.25) is 0 Å². The van der Waals surface area contributed by atoms with Crippen LogP contribution in [0.4, 0.5) is 5.69 Å². The summed E-state index contributed by atoms with van der Waals surface area (Å²) in [6, 6.07) is 11.3. The molecule has 0 spiro atoms. The van der Waals surface area contributed by atoms with Crippen molar-refractivity contribution in [2.45, 2.75) is 6.92 Å². The zero-order chi connectivity index (χ0) is 19.9. The SMILES string of the molecule is CCNC(=O)c1cccc(NC(=O)COC(=O)c2ccc3nccnc3c2)c1. The summed E-state index contributed by atoms with van der Waals surface area (Å²) in [4.78, 5) is 44.3. The quantitative estimate of drug-likeness (QED) is 0.636. The van der Waals surface area contributed by atoms with Crippen LogP contribution in [-0.4, -0.2) is 40.9 Å². The van der Waals surface area contributed by atoms with Crippen molar-refractivity contribution in [2.24, 2.45) is 0 Å². The van der Waals surface area contributed by atoms with Gasteiger partial charge in [-0.05, 0) is 43.3 Å². The van der Waals surface area contributed by atoms with Gasteiger partial charge in [0.25, 0.3) is 11.8 Å². The maximum atomic E-state index is 12.2. The number of nitrogens with one attached hydrogen (secondary N) is 2. The third kappa shape index (κ3) is 4.67. The van der Waals surface area contributed by atoms with Gasteiger partial charge in [-0.25, -0.2) is 4.79 Å². The first-order valence-electron chi connectivity index (χ1n) is 8.63. The second-order valence-corrected chi connectivity index (χ2v) is 5.82. The Kier molecular flexibility index (Phi) is 5.91. The Labute approximate surface area is 160 Å². The van der Waals surface area contributed by atoms with E-state index in [0.717, 1.165) is 0 Å². The molecule has 0 aliphatic heterocycles. The number of hydrogen-bond donors (Lipinski definition) is 2. The molecule has 0 saturated carbocycles. The minimum atomic E-state index is -0.640. The highest BCUT2D eigenvalue weighted by Gasteiger charge is 2.12. The van der Waals surface area contributed by atoms with E-state index in [9.17, 15) is 14.4 Å². The number of benzene rings is 2. The molecule has 3 rings (SSSR count). The van der Waals surface area contributed by atoms with Crippen molar-refractivity contribution in [1.29, 1.82) is 0 Å². The summed E-state index contributed by atoms with van der Waals surface area (Å²) in [5.41, 5.74) is 2.35. The molecule has 1 aromatic heterocycles. The highest BCUT2D eigenvalue weighted by molar-refractivity contribution is 5.99. The maximum absolute atomic E-state index is 12.2. The number of ether oxygens (including phenoxy) is 1. The summed E-state index contributed by atoms with van der Waals surface area (Å²) < 4.78 is 5.05. The van der Waals surface area contributed by atoms with Crippen molar-refractivity contribution in [1.82, 2.24) is 15.3 Å².